The molecule has 4 aromatic rings. The molecule has 1 aliphatic heterocycles. The molecule has 0 saturated carbocycles. The van der Waals surface area contributed by atoms with Crippen LogP contribution in [0.1, 0.15) is 17.5 Å². The smallest absolute Gasteiger partial charge is 0.142 e. The lowest BCUT2D eigenvalue weighted by Gasteiger charge is -2.33. The van der Waals surface area contributed by atoms with Gasteiger partial charge in [0, 0.05) is 21.6 Å². The Balaban J connectivity index is 1.47. The Bertz CT molecular complexity index is 1810. The minimum atomic E-state index is -0.321. The van der Waals surface area contributed by atoms with Gasteiger partial charge in [0.1, 0.15) is 22.8 Å². The lowest BCUT2D eigenvalue weighted by atomic mass is 9.69. The molecule has 0 radical (unpaired) electrons. The predicted molar refractivity (Wildman–Crippen MR) is 150 cm³/mol. The zero-order chi connectivity index (χ0) is 25.0. The van der Waals surface area contributed by atoms with Crippen molar-refractivity contribution < 1.29 is 13.9 Å². The molecule has 0 bridgehead atoms. The van der Waals surface area contributed by atoms with E-state index in [-0.39, 0.29) is 5.41 Å². The zero-order valence-electron chi connectivity index (χ0n) is 20.8. The summed E-state index contributed by atoms with van der Waals surface area (Å²) >= 11 is 0. The van der Waals surface area contributed by atoms with Gasteiger partial charge in [0.2, 0.25) is 0 Å². The van der Waals surface area contributed by atoms with Crippen LogP contribution in [0.5, 0.6) is 11.5 Å². The molecule has 0 aromatic heterocycles. The monoisotopic (exact) mass is 482 g/mol. The van der Waals surface area contributed by atoms with Gasteiger partial charge in [-0.3, -0.25) is 0 Å². The van der Waals surface area contributed by atoms with Gasteiger partial charge in [-0.1, -0.05) is 72.8 Å². The first-order valence-corrected chi connectivity index (χ1v) is 12.5. The number of hydrogen-bond acceptors (Lipinski definition) is 3. The van der Waals surface area contributed by atoms with Crippen LogP contribution in [0.15, 0.2) is 101 Å². The van der Waals surface area contributed by atoms with Gasteiger partial charge < -0.3 is 13.9 Å². The van der Waals surface area contributed by atoms with Crippen molar-refractivity contribution in [3.8, 4) is 22.8 Å². The van der Waals surface area contributed by atoms with Crippen LogP contribution in [0.3, 0.4) is 0 Å². The van der Waals surface area contributed by atoms with Crippen molar-refractivity contribution in [1.29, 1.82) is 0 Å². The molecule has 4 aromatic carbocycles. The van der Waals surface area contributed by atoms with E-state index in [0.717, 1.165) is 45.4 Å². The molecule has 2 aliphatic carbocycles. The predicted octanol–water partition coefficient (Wildman–Crippen LogP) is 6.66. The van der Waals surface area contributed by atoms with Gasteiger partial charge in [-0.25, -0.2) is 0 Å². The lowest BCUT2D eigenvalue weighted by Crippen LogP contribution is -2.37. The maximum atomic E-state index is 6.59. The standard InChI is InChI=1S/C34H26O3/c1-35-27-13-9-25(10-14-27)34(26-11-15-28(36-2)16-12-26)18-17-30-24(21-34)8-7-23-19-31-29-6-4-3-5-22(29)20-32(31)37-33(23)30/h3-17,19-21H,18H2,1-2H3. The van der Waals surface area contributed by atoms with Crippen LogP contribution >= 0.6 is 0 Å². The molecule has 0 unspecified atom stereocenters. The average molecular weight is 483 g/mol. The van der Waals surface area contributed by atoms with E-state index in [4.69, 9.17) is 13.9 Å². The highest BCUT2D eigenvalue weighted by molar-refractivity contribution is 6.03. The summed E-state index contributed by atoms with van der Waals surface area (Å²) in [4.78, 5) is 0. The Morgan fingerprint density at radius 2 is 1.38 bits per heavy atom. The Morgan fingerprint density at radius 1 is 0.703 bits per heavy atom. The van der Waals surface area contributed by atoms with Gasteiger partial charge in [0.25, 0.3) is 0 Å². The number of ether oxygens (including phenoxy) is 2. The summed E-state index contributed by atoms with van der Waals surface area (Å²) in [7, 11) is 3.40. The maximum Gasteiger partial charge on any atom is 0.142 e. The molecule has 0 fully saturated rings. The van der Waals surface area contributed by atoms with Crippen molar-refractivity contribution in [3.05, 3.63) is 119 Å². The third-order valence-corrected chi connectivity index (χ3v) is 7.82. The van der Waals surface area contributed by atoms with Crippen molar-refractivity contribution in [2.75, 3.05) is 14.2 Å². The fourth-order valence-corrected chi connectivity index (χ4v) is 5.85. The van der Waals surface area contributed by atoms with Gasteiger partial charge in [-0.15, -0.1) is 0 Å². The van der Waals surface area contributed by atoms with E-state index in [1.807, 2.05) is 24.3 Å². The molecule has 0 spiro atoms. The number of methoxy groups -OCH3 is 2. The van der Waals surface area contributed by atoms with Crippen LogP contribution in [0, 0.1) is 0 Å². The molecule has 0 atom stereocenters. The van der Waals surface area contributed by atoms with E-state index in [2.05, 4.69) is 84.9 Å². The summed E-state index contributed by atoms with van der Waals surface area (Å²) in [6.45, 7) is 0. The Labute approximate surface area is 215 Å². The summed E-state index contributed by atoms with van der Waals surface area (Å²) in [5, 5.41) is 5.88. The summed E-state index contributed by atoms with van der Waals surface area (Å²) in [5.41, 5.74) is 4.21. The van der Waals surface area contributed by atoms with Crippen LogP contribution in [-0.4, -0.2) is 14.2 Å². The first-order valence-electron chi connectivity index (χ1n) is 12.5. The summed E-state index contributed by atoms with van der Waals surface area (Å²) in [6.07, 6.45) is 5.55. The number of benzene rings is 4. The lowest BCUT2D eigenvalue weighted by molar-refractivity contribution is 0.414. The third kappa shape index (κ3) is 3.35. The zero-order valence-corrected chi connectivity index (χ0v) is 20.8. The molecule has 180 valence electrons. The van der Waals surface area contributed by atoms with E-state index in [1.165, 1.54) is 27.1 Å². The normalized spacial score (nSPS) is 14.2. The van der Waals surface area contributed by atoms with Crippen molar-refractivity contribution in [2.24, 2.45) is 0 Å². The minimum Gasteiger partial charge on any atom is -0.497 e. The maximum absolute atomic E-state index is 6.59. The molecule has 37 heavy (non-hydrogen) atoms. The second-order valence-corrected chi connectivity index (χ2v) is 9.72. The van der Waals surface area contributed by atoms with Crippen LogP contribution in [0.2, 0.25) is 0 Å². The Kier molecular flexibility index (Phi) is 4.87. The van der Waals surface area contributed by atoms with Gasteiger partial charge in [0.15, 0.2) is 0 Å². The molecule has 3 nitrogen and oxygen atoms in total. The fraction of sp³-hybridized carbons (Fsp3) is 0.118. The highest BCUT2D eigenvalue weighted by atomic mass is 16.5. The molecule has 1 heterocycles. The first kappa shape index (κ1) is 21.8. The molecule has 0 saturated heterocycles. The molecule has 3 heteroatoms. The van der Waals surface area contributed by atoms with E-state index in [0.29, 0.717) is 0 Å². The molecule has 7 rings (SSSR count). The molecular formula is C34H26O3. The van der Waals surface area contributed by atoms with Gasteiger partial charge >= 0.3 is 0 Å². The van der Waals surface area contributed by atoms with Crippen LogP contribution in [-0.2, 0) is 5.41 Å². The third-order valence-electron chi connectivity index (χ3n) is 7.82. The van der Waals surface area contributed by atoms with E-state index in [9.17, 15) is 0 Å². The van der Waals surface area contributed by atoms with Gasteiger partial charge in [0.05, 0.1) is 14.2 Å². The number of hydrogen-bond donors (Lipinski definition) is 0. The first-order chi connectivity index (χ1) is 18.2. The minimum absolute atomic E-state index is 0.321. The molecule has 0 N–H and O–H groups in total. The van der Waals surface area contributed by atoms with Crippen molar-refractivity contribution in [2.45, 2.75) is 11.8 Å². The fourth-order valence-electron chi connectivity index (χ4n) is 5.85. The van der Waals surface area contributed by atoms with E-state index in [1.54, 1.807) is 14.2 Å². The van der Waals surface area contributed by atoms with E-state index >= 15 is 0 Å². The highest BCUT2D eigenvalue weighted by Crippen LogP contribution is 2.41. The molecule has 3 aliphatic rings. The van der Waals surface area contributed by atoms with Crippen molar-refractivity contribution in [3.63, 3.8) is 0 Å². The summed E-state index contributed by atoms with van der Waals surface area (Å²) in [5.74, 6) is 2.63. The molecular weight excluding hydrogens is 456 g/mol. The SMILES string of the molecule is COc1ccc(C2(c3ccc(OC)cc3)C=c3ccc4cc5c6ccccc6cc-5oc4c3=CC2)cc1. The second kappa shape index (κ2) is 8.28. The van der Waals surface area contributed by atoms with Gasteiger partial charge in [-0.2, -0.15) is 0 Å². The number of fused-ring (bicyclic) bond motifs is 6. The Hall–Kier alpha value is -4.50. The van der Waals surface area contributed by atoms with E-state index < -0.39 is 0 Å². The average Bonchev–Trinajstić information content (AvgIpc) is 3.33. The molecule has 0 amide bonds. The van der Waals surface area contributed by atoms with Crippen LogP contribution in [0.25, 0.3) is 45.2 Å². The number of rotatable bonds is 4. The summed E-state index contributed by atoms with van der Waals surface area (Å²) < 4.78 is 17.5. The van der Waals surface area contributed by atoms with Crippen LogP contribution in [0.4, 0.5) is 0 Å². The Morgan fingerprint density at radius 3 is 2.05 bits per heavy atom. The van der Waals surface area contributed by atoms with Crippen molar-refractivity contribution >= 4 is 33.9 Å². The van der Waals surface area contributed by atoms with Crippen LogP contribution < -0.4 is 19.9 Å². The second-order valence-electron chi connectivity index (χ2n) is 9.72. The topological polar surface area (TPSA) is 31.6 Å². The largest absolute Gasteiger partial charge is 0.497 e. The summed E-state index contributed by atoms with van der Waals surface area (Å²) in [6, 6.07) is 34.1. The quantitative estimate of drug-likeness (QED) is 0.282. The highest BCUT2D eigenvalue weighted by Gasteiger charge is 2.33. The van der Waals surface area contributed by atoms with Gasteiger partial charge in [-0.05, 0) is 69.9 Å². The van der Waals surface area contributed by atoms with Crippen molar-refractivity contribution in [1.82, 2.24) is 0 Å².